The van der Waals surface area contributed by atoms with Crippen molar-refractivity contribution in [3.05, 3.63) is 52.2 Å². The van der Waals surface area contributed by atoms with Gasteiger partial charge < -0.3 is 10.1 Å². The summed E-state index contributed by atoms with van der Waals surface area (Å²) in [4.78, 5) is 4.59. The first-order valence-electron chi connectivity index (χ1n) is 7.09. The molecule has 0 aliphatic heterocycles. The Morgan fingerprint density at radius 3 is 2.62 bits per heavy atom. The Bertz CT molecular complexity index is 626. The Hall–Kier alpha value is -1.58. The molecule has 2 rings (SSSR count). The fraction of sp³-hybridized carbons (Fsp3) is 0.353. The van der Waals surface area contributed by atoms with Crippen LogP contribution in [-0.2, 0) is 6.54 Å². The van der Waals surface area contributed by atoms with Crippen molar-refractivity contribution in [3.8, 4) is 11.6 Å². The zero-order valence-electron chi connectivity index (χ0n) is 12.9. The number of hydrogen-bond donors (Lipinski definition) is 1. The quantitative estimate of drug-likeness (QED) is 0.871. The fourth-order valence-electron chi connectivity index (χ4n) is 2.08. The number of benzene rings is 1. The van der Waals surface area contributed by atoms with E-state index in [1.165, 1.54) is 0 Å². The summed E-state index contributed by atoms with van der Waals surface area (Å²) in [5.41, 5.74) is 3.19. The van der Waals surface area contributed by atoms with Crippen LogP contribution in [0.25, 0.3) is 0 Å². The van der Waals surface area contributed by atoms with E-state index in [9.17, 15) is 0 Å². The van der Waals surface area contributed by atoms with Gasteiger partial charge >= 0.3 is 0 Å². The molecule has 21 heavy (non-hydrogen) atoms. The number of hydrogen-bond acceptors (Lipinski definition) is 3. The van der Waals surface area contributed by atoms with Gasteiger partial charge in [-0.05, 0) is 55.3 Å². The molecule has 0 spiro atoms. The summed E-state index contributed by atoms with van der Waals surface area (Å²) in [6.45, 7) is 7.02. The number of nitrogens with one attached hydrogen (secondary N) is 1. The average molecular weight is 305 g/mol. The van der Waals surface area contributed by atoms with Crippen molar-refractivity contribution in [2.75, 3.05) is 7.05 Å². The molecule has 0 bridgehead atoms. The topological polar surface area (TPSA) is 34.1 Å². The summed E-state index contributed by atoms with van der Waals surface area (Å²) in [6.07, 6.45) is 0. The maximum absolute atomic E-state index is 5.97. The lowest BCUT2D eigenvalue weighted by Crippen LogP contribution is -2.07. The second-order valence-electron chi connectivity index (χ2n) is 5.44. The van der Waals surface area contributed by atoms with Crippen LogP contribution in [0.3, 0.4) is 0 Å². The van der Waals surface area contributed by atoms with Gasteiger partial charge in [-0.1, -0.05) is 25.4 Å². The van der Waals surface area contributed by atoms with Crippen LogP contribution in [-0.4, -0.2) is 12.0 Å². The van der Waals surface area contributed by atoms with E-state index >= 15 is 0 Å². The molecule has 112 valence electrons. The Labute approximate surface area is 131 Å². The third kappa shape index (κ3) is 4.19. The van der Waals surface area contributed by atoms with Crippen LogP contribution in [0.15, 0.2) is 30.3 Å². The average Bonchev–Trinajstić information content (AvgIpc) is 2.42. The van der Waals surface area contributed by atoms with E-state index in [2.05, 4.69) is 30.2 Å². The largest absolute Gasteiger partial charge is 0.439 e. The Morgan fingerprint density at radius 1 is 1.24 bits per heavy atom. The smallest absolute Gasteiger partial charge is 0.219 e. The van der Waals surface area contributed by atoms with Crippen LogP contribution in [0.2, 0.25) is 5.02 Å². The number of rotatable bonds is 5. The number of aryl methyl sites for hydroxylation is 1. The lowest BCUT2D eigenvalue weighted by Gasteiger charge is -2.13. The number of halogens is 1. The van der Waals surface area contributed by atoms with Crippen molar-refractivity contribution >= 4 is 11.6 Å². The van der Waals surface area contributed by atoms with E-state index in [1.807, 2.05) is 38.2 Å². The van der Waals surface area contributed by atoms with Crippen molar-refractivity contribution < 1.29 is 4.74 Å². The predicted molar refractivity (Wildman–Crippen MR) is 87.4 cm³/mol. The monoisotopic (exact) mass is 304 g/mol. The fourth-order valence-corrected chi connectivity index (χ4v) is 2.30. The summed E-state index contributed by atoms with van der Waals surface area (Å²) >= 11 is 5.97. The van der Waals surface area contributed by atoms with Crippen LogP contribution in [0.5, 0.6) is 11.6 Å². The SMILES string of the molecule is CNCc1cc(Oc2ccc(Cl)cc2C)nc(C(C)C)c1. The van der Waals surface area contributed by atoms with Crippen LogP contribution in [0, 0.1) is 6.92 Å². The molecule has 0 amide bonds. The van der Waals surface area contributed by atoms with E-state index in [0.29, 0.717) is 16.8 Å². The van der Waals surface area contributed by atoms with Crippen molar-refractivity contribution in [1.29, 1.82) is 0 Å². The van der Waals surface area contributed by atoms with Crippen LogP contribution in [0.4, 0.5) is 0 Å². The minimum absolute atomic E-state index is 0.357. The normalized spacial score (nSPS) is 11.0. The van der Waals surface area contributed by atoms with Crippen LogP contribution in [0.1, 0.15) is 36.6 Å². The first-order valence-corrected chi connectivity index (χ1v) is 7.47. The lowest BCUT2D eigenvalue weighted by molar-refractivity contribution is 0.455. The molecule has 1 aromatic carbocycles. The number of pyridine rings is 1. The highest BCUT2D eigenvalue weighted by molar-refractivity contribution is 6.30. The van der Waals surface area contributed by atoms with Gasteiger partial charge in [0.05, 0.1) is 0 Å². The second-order valence-corrected chi connectivity index (χ2v) is 5.87. The predicted octanol–water partition coefficient (Wildman–Crippen LogP) is 4.68. The summed E-state index contributed by atoms with van der Waals surface area (Å²) < 4.78 is 5.94. The van der Waals surface area contributed by atoms with E-state index in [1.54, 1.807) is 0 Å². The van der Waals surface area contributed by atoms with Gasteiger partial charge in [0.2, 0.25) is 5.88 Å². The van der Waals surface area contributed by atoms with Gasteiger partial charge in [-0.3, -0.25) is 0 Å². The standard InChI is InChI=1S/C17H21ClN2O/c1-11(2)15-8-13(10-19-4)9-17(20-15)21-16-6-5-14(18)7-12(16)3/h5-9,11,19H,10H2,1-4H3. The maximum atomic E-state index is 5.97. The molecule has 1 aromatic heterocycles. The summed E-state index contributed by atoms with van der Waals surface area (Å²) in [7, 11) is 1.93. The number of ether oxygens (including phenoxy) is 1. The summed E-state index contributed by atoms with van der Waals surface area (Å²) in [5, 5.41) is 3.87. The summed E-state index contributed by atoms with van der Waals surface area (Å²) in [5.74, 6) is 1.76. The van der Waals surface area contributed by atoms with E-state index in [-0.39, 0.29) is 0 Å². The zero-order valence-corrected chi connectivity index (χ0v) is 13.7. The van der Waals surface area contributed by atoms with E-state index in [4.69, 9.17) is 16.3 Å². The highest BCUT2D eigenvalue weighted by atomic mass is 35.5. The minimum Gasteiger partial charge on any atom is -0.439 e. The molecule has 0 saturated heterocycles. The highest BCUT2D eigenvalue weighted by Crippen LogP contribution is 2.28. The first kappa shape index (κ1) is 15.8. The molecule has 0 atom stereocenters. The number of nitrogens with zero attached hydrogens (tertiary/aromatic N) is 1. The highest BCUT2D eigenvalue weighted by Gasteiger charge is 2.09. The van der Waals surface area contributed by atoms with Gasteiger partial charge in [-0.2, -0.15) is 0 Å². The molecule has 1 N–H and O–H groups in total. The van der Waals surface area contributed by atoms with Crippen molar-refractivity contribution in [2.45, 2.75) is 33.2 Å². The van der Waals surface area contributed by atoms with Gasteiger partial charge in [0.15, 0.2) is 0 Å². The maximum Gasteiger partial charge on any atom is 0.219 e. The van der Waals surface area contributed by atoms with Crippen LogP contribution < -0.4 is 10.1 Å². The van der Waals surface area contributed by atoms with Gasteiger partial charge in [-0.25, -0.2) is 4.98 Å². The van der Waals surface area contributed by atoms with E-state index < -0.39 is 0 Å². The van der Waals surface area contributed by atoms with Crippen molar-refractivity contribution in [2.24, 2.45) is 0 Å². The van der Waals surface area contributed by atoms with E-state index in [0.717, 1.165) is 29.1 Å². The number of aromatic nitrogens is 1. The van der Waals surface area contributed by atoms with Gasteiger partial charge in [-0.15, -0.1) is 0 Å². The Kier molecular flexibility index (Phi) is 5.21. The zero-order chi connectivity index (χ0) is 15.4. The van der Waals surface area contributed by atoms with Gasteiger partial charge in [0.1, 0.15) is 5.75 Å². The molecule has 4 heteroatoms. The van der Waals surface area contributed by atoms with Gasteiger partial charge in [0.25, 0.3) is 0 Å². The molecule has 0 unspecified atom stereocenters. The molecule has 2 aromatic rings. The third-order valence-corrected chi connectivity index (χ3v) is 3.44. The Morgan fingerprint density at radius 2 is 2.00 bits per heavy atom. The Balaban J connectivity index is 2.33. The lowest BCUT2D eigenvalue weighted by atomic mass is 10.1. The van der Waals surface area contributed by atoms with Crippen molar-refractivity contribution in [1.82, 2.24) is 10.3 Å². The molecular formula is C17H21ClN2O. The van der Waals surface area contributed by atoms with Gasteiger partial charge in [0, 0.05) is 23.3 Å². The molecular weight excluding hydrogens is 284 g/mol. The van der Waals surface area contributed by atoms with Crippen molar-refractivity contribution in [3.63, 3.8) is 0 Å². The molecule has 0 radical (unpaired) electrons. The molecule has 0 aliphatic carbocycles. The molecule has 0 fully saturated rings. The second kappa shape index (κ2) is 6.92. The molecule has 1 heterocycles. The molecule has 0 saturated carbocycles. The molecule has 3 nitrogen and oxygen atoms in total. The third-order valence-electron chi connectivity index (χ3n) is 3.21. The molecule has 0 aliphatic rings. The minimum atomic E-state index is 0.357. The summed E-state index contributed by atoms with van der Waals surface area (Å²) in [6, 6.07) is 9.67. The first-order chi connectivity index (χ1) is 9.99. The van der Waals surface area contributed by atoms with Crippen LogP contribution >= 0.6 is 11.6 Å².